The first-order valence-corrected chi connectivity index (χ1v) is 13.0. The summed E-state index contributed by atoms with van der Waals surface area (Å²) in [4.78, 5) is 21.2. The number of fused-ring (bicyclic) bond motifs is 1. The smallest absolute Gasteiger partial charge is 0.338 e. The van der Waals surface area contributed by atoms with E-state index in [1.807, 2.05) is 17.2 Å². The predicted octanol–water partition coefficient (Wildman–Crippen LogP) is 5.36. The Bertz CT molecular complexity index is 835. The van der Waals surface area contributed by atoms with Crippen molar-refractivity contribution in [3.63, 3.8) is 0 Å². The summed E-state index contributed by atoms with van der Waals surface area (Å²) in [6.45, 7) is 5.38. The molecule has 1 aromatic heterocycles. The Morgan fingerprint density at radius 3 is 2.50 bits per heavy atom. The minimum absolute atomic E-state index is 0.0284. The number of halogens is 3. The van der Waals surface area contributed by atoms with Crippen LogP contribution in [0.4, 0.5) is 18.0 Å². The average molecular weight is 479 g/mol. The van der Waals surface area contributed by atoms with Gasteiger partial charge in [0.1, 0.15) is 0 Å². The van der Waals surface area contributed by atoms with E-state index < -0.39 is 12.6 Å². The fraction of sp³-hybridized carbons (Fsp3) is 0.769. The molecule has 1 aromatic rings. The molecule has 0 radical (unpaired) electrons. The van der Waals surface area contributed by atoms with Gasteiger partial charge in [-0.3, -0.25) is 4.98 Å². The molecule has 1 unspecified atom stereocenters. The van der Waals surface area contributed by atoms with E-state index in [0.29, 0.717) is 30.3 Å². The molecule has 2 amide bonds. The van der Waals surface area contributed by atoms with Crippen molar-refractivity contribution < 1.29 is 18.0 Å². The second-order valence-corrected chi connectivity index (χ2v) is 11.3. The Hall–Kier alpha value is -1.83. The number of nitrogens with one attached hydrogen (secondary N) is 1. The van der Waals surface area contributed by atoms with Crippen LogP contribution in [0.1, 0.15) is 68.9 Å². The van der Waals surface area contributed by atoms with Crippen LogP contribution in [0.5, 0.6) is 0 Å². The monoisotopic (exact) mass is 478 g/mol. The summed E-state index contributed by atoms with van der Waals surface area (Å²) < 4.78 is 37.8. The molecule has 1 spiro atoms. The van der Waals surface area contributed by atoms with Gasteiger partial charge >= 0.3 is 12.2 Å². The lowest BCUT2D eigenvalue weighted by Crippen LogP contribution is -2.40. The van der Waals surface area contributed by atoms with E-state index in [2.05, 4.69) is 15.2 Å². The van der Waals surface area contributed by atoms with Crippen LogP contribution >= 0.6 is 0 Å². The molecule has 3 fully saturated rings. The lowest BCUT2D eigenvalue weighted by atomic mass is 9.79. The molecule has 188 valence electrons. The van der Waals surface area contributed by atoms with Gasteiger partial charge in [0, 0.05) is 38.4 Å². The van der Waals surface area contributed by atoms with Crippen LogP contribution in [0.15, 0.2) is 18.5 Å². The normalized spacial score (nSPS) is 28.7. The highest BCUT2D eigenvalue weighted by Gasteiger charge is 2.54. The van der Waals surface area contributed by atoms with Crippen molar-refractivity contribution in [2.75, 3.05) is 26.2 Å². The van der Waals surface area contributed by atoms with E-state index in [4.69, 9.17) is 0 Å². The topological polar surface area (TPSA) is 48.5 Å². The number of rotatable bonds is 6. The molecule has 2 aliphatic heterocycles. The first kappa shape index (κ1) is 23.9. The van der Waals surface area contributed by atoms with Crippen LogP contribution in [0.25, 0.3) is 0 Å². The molecule has 34 heavy (non-hydrogen) atoms. The van der Waals surface area contributed by atoms with Crippen LogP contribution in [0.3, 0.4) is 0 Å². The molecule has 2 saturated carbocycles. The highest BCUT2D eigenvalue weighted by molar-refractivity contribution is 5.75. The standard InChI is InChI=1S/C26H37F3N4O/c27-26(28,29)13-20-3-1-19(2-4-20)6-10-32-11-7-25(8-12-32)14-23(25)16-31-24(34)33-17-21-5-9-30-15-22(21)18-33/h5,9,15,19-20,23H,1-4,6-8,10-14,16-18H2,(H,31,34). The zero-order valence-electron chi connectivity index (χ0n) is 20.0. The number of carbonyl (C=O) groups is 1. The van der Waals surface area contributed by atoms with Gasteiger partial charge in [0.05, 0.1) is 0 Å². The Labute approximate surface area is 200 Å². The molecule has 5 nitrogen and oxygen atoms in total. The summed E-state index contributed by atoms with van der Waals surface area (Å²) in [5.41, 5.74) is 2.74. The molecule has 1 N–H and O–H groups in total. The fourth-order valence-electron chi connectivity index (χ4n) is 6.66. The zero-order valence-corrected chi connectivity index (χ0v) is 20.0. The third-order valence-electron chi connectivity index (χ3n) is 9.06. The van der Waals surface area contributed by atoms with Crippen molar-refractivity contribution in [3.05, 3.63) is 29.6 Å². The zero-order chi connectivity index (χ0) is 23.8. The van der Waals surface area contributed by atoms with Crippen molar-refractivity contribution in [2.24, 2.45) is 23.2 Å². The van der Waals surface area contributed by atoms with Gasteiger partial charge < -0.3 is 15.1 Å². The quantitative estimate of drug-likeness (QED) is 0.599. The molecule has 5 rings (SSSR count). The minimum atomic E-state index is -4.01. The van der Waals surface area contributed by atoms with E-state index in [1.54, 1.807) is 6.20 Å². The summed E-state index contributed by atoms with van der Waals surface area (Å²) in [5.74, 6) is 1.03. The lowest BCUT2D eigenvalue weighted by molar-refractivity contribution is -0.147. The Balaban J connectivity index is 0.964. The average Bonchev–Trinajstić information content (AvgIpc) is 3.29. The van der Waals surface area contributed by atoms with Crippen LogP contribution in [-0.2, 0) is 13.1 Å². The second-order valence-electron chi connectivity index (χ2n) is 11.3. The first-order valence-electron chi connectivity index (χ1n) is 13.0. The highest BCUT2D eigenvalue weighted by atomic mass is 19.4. The van der Waals surface area contributed by atoms with E-state index in [0.717, 1.165) is 63.8 Å². The Kier molecular flexibility index (Phi) is 6.79. The summed E-state index contributed by atoms with van der Waals surface area (Å²) in [6.07, 6.45) is 7.16. The van der Waals surface area contributed by atoms with Crippen molar-refractivity contribution in [1.29, 1.82) is 0 Å². The number of piperidine rings is 1. The van der Waals surface area contributed by atoms with Crippen LogP contribution in [-0.4, -0.2) is 53.2 Å². The molecule has 1 saturated heterocycles. The maximum absolute atomic E-state index is 12.6. The molecule has 3 heterocycles. The fourth-order valence-corrected chi connectivity index (χ4v) is 6.66. The van der Waals surface area contributed by atoms with E-state index in [1.165, 1.54) is 24.8 Å². The van der Waals surface area contributed by atoms with Crippen molar-refractivity contribution >= 4 is 6.03 Å². The number of likely N-dealkylation sites (tertiary alicyclic amines) is 1. The number of amides is 2. The van der Waals surface area contributed by atoms with Gasteiger partial charge in [0.15, 0.2) is 0 Å². The second kappa shape index (κ2) is 9.67. The van der Waals surface area contributed by atoms with E-state index in [9.17, 15) is 18.0 Å². The molecular weight excluding hydrogens is 441 g/mol. The number of hydrogen-bond donors (Lipinski definition) is 1. The highest BCUT2D eigenvalue weighted by Crippen LogP contribution is 2.59. The van der Waals surface area contributed by atoms with Gasteiger partial charge in [0.25, 0.3) is 0 Å². The third-order valence-corrected chi connectivity index (χ3v) is 9.06. The SMILES string of the molecule is O=C(NCC1CC12CCN(CCC1CCC(CC(F)(F)F)CC1)CC2)N1Cc2ccncc2C1. The van der Waals surface area contributed by atoms with E-state index >= 15 is 0 Å². The van der Waals surface area contributed by atoms with Crippen molar-refractivity contribution in [1.82, 2.24) is 20.1 Å². The lowest BCUT2D eigenvalue weighted by Gasteiger charge is -2.35. The summed E-state index contributed by atoms with van der Waals surface area (Å²) in [6, 6.07) is 2.02. The first-order chi connectivity index (χ1) is 16.3. The Morgan fingerprint density at radius 2 is 1.79 bits per heavy atom. The molecule has 1 atom stereocenters. The van der Waals surface area contributed by atoms with Gasteiger partial charge in [-0.2, -0.15) is 13.2 Å². The summed E-state index contributed by atoms with van der Waals surface area (Å²) in [5, 5.41) is 3.17. The number of alkyl halides is 3. The predicted molar refractivity (Wildman–Crippen MR) is 124 cm³/mol. The van der Waals surface area contributed by atoms with E-state index in [-0.39, 0.29) is 11.9 Å². The number of urea groups is 1. The van der Waals surface area contributed by atoms with Gasteiger partial charge in [-0.05, 0) is 98.5 Å². The molecule has 4 aliphatic rings. The number of nitrogens with zero attached hydrogens (tertiary/aromatic N) is 3. The molecular formula is C26H37F3N4O. The maximum Gasteiger partial charge on any atom is 0.389 e. The molecule has 8 heteroatoms. The van der Waals surface area contributed by atoms with Crippen molar-refractivity contribution in [2.45, 2.75) is 77.1 Å². The number of hydrogen-bond acceptors (Lipinski definition) is 3. The minimum Gasteiger partial charge on any atom is -0.338 e. The third kappa shape index (κ3) is 5.69. The number of aromatic nitrogens is 1. The molecule has 0 bridgehead atoms. The summed E-state index contributed by atoms with van der Waals surface area (Å²) in [7, 11) is 0. The maximum atomic E-state index is 12.6. The molecule has 0 aromatic carbocycles. The van der Waals surface area contributed by atoms with Crippen LogP contribution in [0, 0.1) is 23.2 Å². The molecule has 2 aliphatic carbocycles. The summed E-state index contributed by atoms with van der Waals surface area (Å²) >= 11 is 0. The van der Waals surface area contributed by atoms with Crippen molar-refractivity contribution in [3.8, 4) is 0 Å². The van der Waals surface area contributed by atoms with Gasteiger partial charge in [0.2, 0.25) is 0 Å². The largest absolute Gasteiger partial charge is 0.389 e. The van der Waals surface area contributed by atoms with Gasteiger partial charge in [-0.1, -0.05) is 12.8 Å². The number of carbonyl (C=O) groups excluding carboxylic acids is 1. The van der Waals surface area contributed by atoms with Crippen LogP contribution < -0.4 is 5.32 Å². The van der Waals surface area contributed by atoms with Gasteiger partial charge in [-0.25, -0.2) is 4.79 Å². The number of pyridine rings is 1. The van der Waals surface area contributed by atoms with Gasteiger partial charge in [-0.15, -0.1) is 0 Å². The van der Waals surface area contributed by atoms with Crippen LogP contribution in [0.2, 0.25) is 0 Å². The Morgan fingerprint density at radius 1 is 1.09 bits per heavy atom.